The van der Waals surface area contributed by atoms with Gasteiger partial charge < -0.3 is 20.1 Å². The van der Waals surface area contributed by atoms with Gasteiger partial charge in [0.2, 0.25) is 0 Å². The van der Waals surface area contributed by atoms with Crippen LogP contribution in [0, 0.1) is 0 Å². The number of benzene rings is 1. The van der Waals surface area contributed by atoms with Crippen molar-refractivity contribution in [1.82, 2.24) is 14.9 Å². The molecule has 7 heteroatoms. The third kappa shape index (κ3) is 4.70. The molecular weight excluding hydrogens is 368 g/mol. The van der Waals surface area contributed by atoms with E-state index < -0.39 is 0 Å². The van der Waals surface area contributed by atoms with E-state index in [-0.39, 0.29) is 18.6 Å². The number of para-hydroxylation sites is 1. The Balaban J connectivity index is 1.42. The molecule has 0 unspecified atom stereocenters. The Morgan fingerprint density at radius 1 is 1.14 bits per heavy atom. The molecule has 4 rings (SSSR count). The van der Waals surface area contributed by atoms with Crippen LogP contribution in [0.3, 0.4) is 0 Å². The lowest BCUT2D eigenvalue weighted by molar-refractivity contribution is -0.141. The highest BCUT2D eigenvalue weighted by atomic mass is 16.5. The molecule has 0 radical (unpaired) electrons. The number of carbonyl (C=O) groups excluding carboxylic acids is 1. The van der Waals surface area contributed by atoms with E-state index in [4.69, 9.17) is 20.2 Å². The summed E-state index contributed by atoms with van der Waals surface area (Å²) in [7, 11) is 0. The summed E-state index contributed by atoms with van der Waals surface area (Å²) in [6.07, 6.45) is 1.41. The molecule has 1 aromatic carbocycles. The lowest BCUT2D eigenvalue weighted by atomic mass is 10.1. The maximum Gasteiger partial charge on any atom is 0.260 e. The Bertz CT molecular complexity index is 963. The highest BCUT2D eigenvalue weighted by Crippen LogP contribution is 2.24. The Morgan fingerprint density at radius 2 is 2.00 bits per heavy atom. The van der Waals surface area contributed by atoms with E-state index >= 15 is 0 Å². The number of carbonyl (C=O) groups is 1. The summed E-state index contributed by atoms with van der Waals surface area (Å²) in [6, 6.07) is 18.7. The van der Waals surface area contributed by atoms with Crippen molar-refractivity contribution in [3.8, 4) is 17.0 Å². The summed E-state index contributed by atoms with van der Waals surface area (Å²) in [6.45, 7) is 1.43. The first kappa shape index (κ1) is 18.9. The van der Waals surface area contributed by atoms with Crippen LogP contribution in [0.15, 0.2) is 66.9 Å². The molecule has 1 saturated heterocycles. The third-order valence-corrected chi connectivity index (χ3v) is 4.71. The number of morpholine rings is 1. The molecule has 1 atom stereocenters. The topological polar surface area (TPSA) is 90.6 Å². The van der Waals surface area contributed by atoms with Gasteiger partial charge in [-0.15, -0.1) is 0 Å². The molecule has 148 valence electrons. The van der Waals surface area contributed by atoms with Crippen LogP contribution in [0.4, 0.5) is 5.82 Å². The number of pyridine rings is 2. The van der Waals surface area contributed by atoms with Gasteiger partial charge in [0, 0.05) is 18.3 Å². The number of nitrogen functional groups attached to an aromatic ring is 1. The van der Waals surface area contributed by atoms with Gasteiger partial charge in [-0.2, -0.15) is 0 Å². The fraction of sp³-hybridized carbons (Fsp3) is 0.227. The summed E-state index contributed by atoms with van der Waals surface area (Å²) in [5.74, 6) is 1.07. The molecule has 0 saturated carbocycles. The summed E-state index contributed by atoms with van der Waals surface area (Å²) < 4.78 is 11.5. The largest absolute Gasteiger partial charge is 0.484 e. The molecular formula is C22H22N4O3. The monoisotopic (exact) mass is 390 g/mol. The minimum atomic E-state index is -0.286. The van der Waals surface area contributed by atoms with Crippen molar-refractivity contribution in [1.29, 1.82) is 0 Å². The average Bonchev–Trinajstić information content (AvgIpc) is 2.79. The predicted octanol–water partition coefficient (Wildman–Crippen LogP) is 2.70. The minimum Gasteiger partial charge on any atom is -0.484 e. The standard InChI is InChI=1S/C22H22N4O3/c23-21-10-9-16(13-24-21)18-7-4-8-19(25-18)20-14-26(11-12-28-20)22(27)15-29-17-5-2-1-3-6-17/h1-10,13,20H,11-12,14-15H2,(H2,23,24)/t20-/m1/s1. The predicted molar refractivity (Wildman–Crippen MR) is 109 cm³/mol. The van der Waals surface area contributed by atoms with Crippen LogP contribution >= 0.6 is 0 Å². The fourth-order valence-electron chi connectivity index (χ4n) is 3.16. The second-order valence-corrected chi connectivity index (χ2v) is 6.72. The first-order chi connectivity index (χ1) is 14.2. The Kier molecular flexibility index (Phi) is 5.67. The second kappa shape index (κ2) is 8.70. The quantitative estimate of drug-likeness (QED) is 0.720. The van der Waals surface area contributed by atoms with Crippen LogP contribution in [-0.4, -0.2) is 47.1 Å². The highest BCUT2D eigenvalue weighted by molar-refractivity contribution is 5.78. The Hall–Kier alpha value is -3.45. The second-order valence-electron chi connectivity index (χ2n) is 6.72. The Morgan fingerprint density at radius 3 is 2.79 bits per heavy atom. The van der Waals surface area contributed by atoms with Crippen LogP contribution in [0.5, 0.6) is 5.75 Å². The number of ether oxygens (including phenoxy) is 2. The maximum atomic E-state index is 12.6. The van der Waals surface area contributed by atoms with Crippen molar-refractivity contribution < 1.29 is 14.3 Å². The zero-order valence-corrected chi connectivity index (χ0v) is 15.9. The van der Waals surface area contributed by atoms with E-state index in [1.807, 2.05) is 54.6 Å². The third-order valence-electron chi connectivity index (χ3n) is 4.71. The van der Waals surface area contributed by atoms with Crippen molar-refractivity contribution in [3.05, 3.63) is 72.6 Å². The highest BCUT2D eigenvalue weighted by Gasteiger charge is 2.26. The molecule has 3 heterocycles. The molecule has 0 bridgehead atoms. The number of hydrogen-bond acceptors (Lipinski definition) is 6. The fourth-order valence-corrected chi connectivity index (χ4v) is 3.16. The minimum absolute atomic E-state index is 0.00130. The lowest BCUT2D eigenvalue weighted by Gasteiger charge is -2.32. The zero-order chi connectivity index (χ0) is 20.1. The molecule has 1 fully saturated rings. The number of amides is 1. The SMILES string of the molecule is Nc1ccc(-c2cccc([C@H]3CN(C(=O)COc4ccccc4)CCO3)n2)cn1. The molecule has 2 aromatic heterocycles. The van der Waals surface area contributed by atoms with E-state index in [1.54, 1.807) is 17.2 Å². The molecule has 1 aliphatic heterocycles. The van der Waals surface area contributed by atoms with Crippen LogP contribution in [0.1, 0.15) is 11.8 Å². The molecule has 29 heavy (non-hydrogen) atoms. The Labute approximate surface area is 169 Å². The van der Waals surface area contributed by atoms with Crippen molar-refractivity contribution in [2.75, 3.05) is 32.0 Å². The molecule has 1 amide bonds. The normalized spacial score (nSPS) is 16.4. The van der Waals surface area contributed by atoms with Crippen molar-refractivity contribution in [2.45, 2.75) is 6.10 Å². The molecule has 0 spiro atoms. The number of anilines is 1. The number of nitrogens with zero attached hydrogens (tertiary/aromatic N) is 3. The van der Waals surface area contributed by atoms with E-state index in [0.29, 0.717) is 31.3 Å². The van der Waals surface area contributed by atoms with Crippen LogP contribution in [0.2, 0.25) is 0 Å². The van der Waals surface area contributed by atoms with Gasteiger partial charge in [0.15, 0.2) is 6.61 Å². The zero-order valence-electron chi connectivity index (χ0n) is 15.9. The summed E-state index contributed by atoms with van der Waals surface area (Å²) in [5.41, 5.74) is 8.10. The molecule has 0 aliphatic carbocycles. The van der Waals surface area contributed by atoms with Crippen LogP contribution < -0.4 is 10.5 Å². The number of hydrogen-bond donors (Lipinski definition) is 1. The van der Waals surface area contributed by atoms with E-state index in [1.165, 1.54) is 0 Å². The van der Waals surface area contributed by atoms with Gasteiger partial charge in [0.25, 0.3) is 5.91 Å². The first-order valence-electron chi connectivity index (χ1n) is 9.45. The van der Waals surface area contributed by atoms with E-state index in [9.17, 15) is 4.79 Å². The molecule has 1 aliphatic rings. The van der Waals surface area contributed by atoms with E-state index in [0.717, 1.165) is 17.0 Å². The van der Waals surface area contributed by atoms with Gasteiger partial charge in [-0.1, -0.05) is 24.3 Å². The number of nitrogens with two attached hydrogens (primary N) is 1. The summed E-state index contributed by atoms with van der Waals surface area (Å²) >= 11 is 0. The van der Waals surface area contributed by atoms with Crippen molar-refractivity contribution in [2.24, 2.45) is 0 Å². The first-order valence-corrected chi connectivity index (χ1v) is 9.45. The lowest BCUT2D eigenvalue weighted by Crippen LogP contribution is -2.44. The maximum absolute atomic E-state index is 12.6. The van der Waals surface area contributed by atoms with Gasteiger partial charge >= 0.3 is 0 Å². The van der Waals surface area contributed by atoms with Gasteiger partial charge in [0.1, 0.15) is 17.7 Å². The average molecular weight is 390 g/mol. The molecule has 2 N–H and O–H groups in total. The van der Waals surface area contributed by atoms with Gasteiger partial charge in [-0.3, -0.25) is 4.79 Å². The van der Waals surface area contributed by atoms with Gasteiger partial charge in [-0.05, 0) is 36.4 Å². The number of aromatic nitrogens is 2. The summed E-state index contributed by atoms with van der Waals surface area (Å²) in [5, 5.41) is 0. The molecule has 7 nitrogen and oxygen atoms in total. The smallest absolute Gasteiger partial charge is 0.260 e. The van der Waals surface area contributed by atoms with Crippen molar-refractivity contribution in [3.63, 3.8) is 0 Å². The van der Waals surface area contributed by atoms with Gasteiger partial charge in [-0.25, -0.2) is 9.97 Å². The van der Waals surface area contributed by atoms with Gasteiger partial charge in [0.05, 0.1) is 24.5 Å². The van der Waals surface area contributed by atoms with E-state index in [2.05, 4.69) is 4.98 Å². The van der Waals surface area contributed by atoms with Crippen molar-refractivity contribution >= 4 is 11.7 Å². The van der Waals surface area contributed by atoms with Crippen LogP contribution in [0.25, 0.3) is 11.3 Å². The molecule has 3 aromatic rings. The summed E-state index contributed by atoms with van der Waals surface area (Å²) in [4.78, 5) is 23.2. The number of rotatable bonds is 5. The van der Waals surface area contributed by atoms with Crippen LogP contribution in [-0.2, 0) is 9.53 Å².